The summed E-state index contributed by atoms with van der Waals surface area (Å²) in [5.74, 6) is 2.05. The van der Waals surface area contributed by atoms with Gasteiger partial charge in [0.25, 0.3) is 0 Å². The summed E-state index contributed by atoms with van der Waals surface area (Å²) in [6.07, 6.45) is 1.91. The van der Waals surface area contributed by atoms with Crippen LogP contribution < -0.4 is 14.8 Å². The molecular weight excluding hydrogens is 250 g/mol. The Kier molecular flexibility index (Phi) is 4.36. The third kappa shape index (κ3) is 3.10. The SMILES string of the molecule is CSCC(=O)N[C@H](C)c1ccc2c(c1)OCCO2. The fourth-order valence-corrected chi connectivity index (χ4v) is 2.17. The molecule has 1 aliphatic rings. The van der Waals surface area contributed by atoms with E-state index in [1.54, 1.807) is 0 Å². The molecule has 1 heterocycles. The first-order chi connectivity index (χ1) is 8.70. The van der Waals surface area contributed by atoms with E-state index < -0.39 is 0 Å². The van der Waals surface area contributed by atoms with E-state index in [-0.39, 0.29) is 11.9 Å². The zero-order chi connectivity index (χ0) is 13.0. The summed E-state index contributed by atoms with van der Waals surface area (Å²) in [4.78, 5) is 11.5. The summed E-state index contributed by atoms with van der Waals surface area (Å²) >= 11 is 1.51. The fraction of sp³-hybridized carbons (Fsp3) is 0.462. The molecule has 5 heteroatoms. The number of thioether (sulfide) groups is 1. The Balaban J connectivity index is 2.06. The smallest absolute Gasteiger partial charge is 0.230 e. The minimum atomic E-state index is -0.0273. The first kappa shape index (κ1) is 13.1. The van der Waals surface area contributed by atoms with E-state index in [1.165, 1.54) is 11.8 Å². The molecule has 0 aromatic heterocycles. The number of benzene rings is 1. The van der Waals surface area contributed by atoms with Crippen LogP contribution in [0.1, 0.15) is 18.5 Å². The van der Waals surface area contributed by atoms with Crippen LogP contribution in [0.15, 0.2) is 18.2 Å². The van der Waals surface area contributed by atoms with Crippen molar-refractivity contribution in [3.63, 3.8) is 0 Å². The summed E-state index contributed by atoms with van der Waals surface area (Å²) in [5, 5.41) is 2.95. The predicted octanol–water partition coefficient (Wildman–Crippen LogP) is 2.00. The lowest BCUT2D eigenvalue weighted by atomic mass is 10.1. The quantitative estimate of drug-likeness (QED) is 0.906. The van der Waals surface area contributed by atoms with Crippen molar-refractivity contribution in [2.24, 2.45) is 0 Å². The van der Waals surface area contributed by atoms with Gasteiger partial charge in [0.1, 0.15) is 13.2 Å². The maximum Gasteiger partial charge on any atom is 0.230 e. The standard InChI is InChI=1S/C13H17NO3S/c1-9(14-13(15)8-18-2)10-3-4-11-12(7-10)17-6-5-16-11/h3-4,7,9H,5-6,8H2,1-2H3,(H,14,15)/t9-/m1/s1. The highest BCUT2D eigenvalue weighted by molar-refractivity contribution is 7.99. The second-order valence-electron chi connectivity index (χ2n) is 4.13. The topological polar surface area (TPSA) is 47.6 Å². The normalized spacial score (nSPS) is 15.0. The monoisotopic (exact) mass is 267 g/mol. The van der Waals surface area contributed by atoms with Crippen LogP contribution in [0.2, 0.25) is 0 Å². The minimum Gasteiger partial charge on any atom is -0.486 e. The second kappa shape index (κ2) is 6.00. The summed E-state index contributed by atoms with van der Waals surface area (Å²) in [6.45, 7) is 3.12. The number of hydrogen-bond acceptors (Lipinski definition) is 4. The molecular formula is C13H17NO3S. The maximum absolute atomic E-state index is 11.5. The van der Waals surface area contributed by atoms with Gasteiger partial charge in [0.2, 0.25) is 5.91 Å². The molecule has 1 aromatic carbocycles. The van der Waals surface area contributed by atoms with Crippen molar-refractivity contribution in [1.82, 2.24) is 5.32 Å². The highest BCUT2D eigenvalue weighted by Gasteiger charge is 2.15. The van der Waals surface area contributed by atoms with Gasteiger partial charge in [0, 0.05) is 0 Å². The van der Waals surface area contributed by atoms with Gasteiger partial charge in [0.15, 0.2) is 11.5 Å². The molecule has 1 N–H and O–H groups in total. The minimum absolute atomic E-state index is 0.0273. The van der Waals surface area contributed by atoms with Crippen LogP contribution in [-0.4, -0.2) is 31.1 Å². The van der Waals surface area contributed by atoms with Gasteiger partial charge in [-0.25, -0.2) is 0 Å². The molecule has 0 bridgehead atoms. The molecule has 0 spiro atoms. The lowest BCUT2D eigenvalue weighted by Crippen LogP contribution is -2.28. The van der Waals surface area contributed by atoms with Crippen LogP contribution in [0, 0.1) is 0 Å². The van der Waals surface area contributed by atoms with Gasteiger partial charge in [-0.2, -0.15) is 11.8 Å². The zero-order valence-corrected chi connectivity index (χ0v) is 11.4. The molecule has 0 unspecified atom stereocenters. The lowest BCUT2D eigenvalue weighted by Gasteiger charge is -2.21. The van der Waals surface area contributed by atoms with Gasteiger partial charge in [-0.3, -0.25) is 4.79 Å². The van der Waals surface area contributed by atoms with Crippen LogP contribution in [0.25, 0.3) is 0 Å². The van der Waals surface area contributed by atoms with E-state index in [2.05, 4.69) is 5.32 Å². The third-order valence-corrected chi connectivity index (χ3v) is 3.27. The Morgan fingerprint density at radius 2 is 2.11 bits per heavy atom. The fourth-order valence-electron chi connectivity index (χ4n) is 1.83. The van der Waals surface area contributed by atoms with Gasteiger partial charge < -0.3 is 14.8 Å². The molecule has 0 aliphatic carbocycles. The van der Waals surface area contributed by atoms with Crippen molar-refractivity contribution in [3.8, 4) is 11.5 Å². The number of carbonyl (C=O) groups excluding carboxylic acids is 1. The average molecular weight is 267 g/mol. The first-order valence-corrected chi connectivity index (χ1v) is 7.28. The molecule has 1 aliphatic heterocycles. The number of hydrogen-bond donors (Lipinski definition) is 1. The molecule has 1 amide bonds. The van der Waals surface area contributed by atoms with Crippen molar-refractivity contribution in [3.05, 3.63) is 23.8 Å². The summed E-state index contributed by atoms with van der Waals surface area (Å²) in [6, 6.07) is 5.75. The van der Waals surface area contributed by atoms with Crippen LogP contribution in [-0.2, 0) is 4.79 Å². The zero-order valence-electron chi connectivity index (χ0n) is 10.6. The molecule has 0 fully saturated rings. The molecule has 0 radical (unpaired) electrons. The van der Waals surface area contributed by atoms with Crippen LogP contribution in [0.3, 0.4) is 0 Å². The van der Waals surface area contributed by atoms with Gasteiger partial charge in [-0.05, 0) is 30.9 Å². The second-order valence-corrected chi connectivity index (χ2v) is 4.99. The lowest BCUT2D eigenvalue weighted by molar-refractivity contribution is -0.119. The van der Waals surface area contributed by atoms with Gasteiger partial charge in [-0.15, -0.1) is 0 Å². The number of fused-ring (bicyclic) bond motifs is 1. The summed E-state index contributed by atoms with van der Waals surface area (Å²) < 4.78 is 11.0. The van der Waals surface area contributed by atoms with Crippen LogP contribution >= 0.6 is 11.8 Å². The molecule has 18 heavy (non-hydrogen) atoms. The number of nitrogens with one attached hydrogen (secondary N) is 1. The Morgan fingerprint density at radius 1 is 1.39 bits per heavy atom. The molecule has 2 rings (SSSR count). The van der Waals surface area contributed by atoms with Gasteiger partial charge >= 0.3 is 0 Å². The van der Waals surface area contributed by atoms with Crippen LogP contribution in [0.5, 0.6) is 11.5 Å². The maximum atomic E-state index is 11.5. The molecule has 0 saturated heterocycles. The summed E-state index contributed by atoms with van der Waals surface area (Å²) in [7, 11) is 0. The van der Waals surface area contributed by atoms with Crippen LogP contribution in [0.4, 0.5) is 0 Å². The largest absolute Gasteiger partial charge is 0.486 e. The van der Waals surface area contributed by atoms with E-state index in [1.807, 2.05) is 31.4 Å². The van der Waals surface area contributed by atoms with Gasteiger partial charge in [-0.1, -0.05) is 6.07 Å². The highest BCUT2D eigenvalue weighted by atomic mass is 32.2. The molecule has 4 nitrogen and oxygen atoms in total. The number of ether oxygens (including phenoxy) is 2. The Morgan fingerprint density at radius 3 is 2.83 bits per heavy atom. The highest BCUT2D eigenvalue weighted by Crippen LogP contribution is 2.32. The Hall–Kier alpha value is -1.36. The van der Waals surface area contributed by atoms with E-state index in [0.29, 0.717) is 19.0 Å². The predicted molar refractivity (Wildman–Crippen MR) is 72.4 cm³/mol. The Labute approximate surface area is 111 Å². The van der Waals surface area contributed by atoms with Crippen molar-refractivity contribution < 1.29 is 14.3 Å². The Bertz CT molecular complexity index is 436. The van der Waals surface area contributed by atoms with Crippen molar-refractivity contribution in [2.45, 2.75) is 13.0 Å². The van der Waals surface area contributed by atoms with E-state index in [0.717, 1.165) is 17.1 Å². The number of carbonyl (C=O) groups is 1. The first-order valence-electron chi connectivity index (χ1n) is 5.88. The van der Waals surface area contributed by atoms with E-state index in [4.69, 9.17) is 9.47 Å². The third-order valence-electron chi connectivity index (χ3n) is 2.72. The average Bonchev–Trinajstić information content (AvgIpc) is 2.38. The number of amides is 1. The van der Waals surface area contributed by atoms with Crippen molar-refractivity contribution >= 4 is 17.7 Å². The molecule has 0 saturated carbocycles. The van der Waals surface area contributed by atoms with Crippen molar-refractivity contribution in [2.75, 3.05) is 25.2 Å². The van der Waals surface area contributed by atoms with E-state index >= 15 is 0 Å². The molecule has 1 atom stereocenters. The van der Waals surface area contributed by atoms with Crippen molar-refractivity contribution in [1.29, 1.82) is 0 Å². The van der Waals surface area contributed by atoms with Gasteiger partial charge in [0.05, 0.1) is 11.8 Å². The number of rotatable bonds is 4. The van der Waals surface area contributed by atoms with E-state index in [9.17, 15) is 4.79 Å². The summed E-state index contributed by atoms with van der Waals surface area (Å²) in [5.41, 5.74) is 1.02. The molecule has 1 aromatic rings. The molecule has 98 valence electrons.